The predicted molar refractivity (Wildman–Crippen MR) is 80.2 cm³/mol. The van der Waals surface area contributed by atoms with Crippen molar-refractivity contribution in [3.63, 3.8) is 0 Å². The number of hydrogen-bond donors (Lipinski definition) is 0. The highest BCUT2D eigenvalue weighted by Gasteiger charge is 2.05. The molecule has 1 aromatic heterocycles. The summed E-state index contributed by atoms with van der Waals surface area (Å²) in [7, 11) is 0. The molecule has 0 spiro atoms. The van der Waals surface area contributed by atoms with E-state index in [1.54, 1.807) is 6.07 Å². The van der Waals surface area contributed by atoms with Gasteiger partial charge in [0.25, 0.3) is 0 Å². The molecular formula is C15H17BrO3. The molecule has 102 valence electrons. The summed E-state index contributed by atoms with van der Waals surface area (Å²) in [6.07, 6.45) is 4.54. The summed E-state index contributed by atoms with van der Waals surface area (Å²) in [5.41, 5.74) is 0.206. The van der Waals surface area contributed by atoms with Crippen LogP contribution in [0.4, 0.5) is 0 Å². The van der Waals surface area contributed by atoms with Gasteiger partial charge in [-0.1, -0.05) is 40.9 Å². The number of fused-ring (bicyclic) bond motifs is 1. The number of ether oxygens (including phenoxy) is 1. The maximum absolute atomic E-state index is 11.4. The van der Waals surface area contributed by atoms with Crippen LogP contribution in [0.25, 0.3) is 11.0 Å². The average Bonchev–Trinajstić information content (AvgIpc) is 2.42. The van der Waals surface area contributed by atoms with E-state index < -0.39 is 0 Å². The van der Waals surface area contributed by atoms with Gasteiger partial charge in [-0.05, 0) is 25.0 Å². The fourth-order valence-corrected chi connectivity index (χ4v) is 2.33. The Morgan fingerprint density at radius 1 is 1.11 bits per heavy atom. The van der Waals surface area contributed by atoms with Crippen molar-refractivity contribution in [2.24, 2.45) is 0 Å². The zero-order chi connectivity index (χ0) is 13.5. The highest BCUT2D eigenvalue weighted by molar-refractivity contribution is 9.09. The van der Waals surface area contributed by atoms with E-state index in [9.17, 15) is 4.79 Å². The zero-order valence-electron chi connectivity index (χ0n) is 10.7. The predicted octanol–water partition coefficient (Wildman–Crippen LogP) is 4.13. The molecule has 0 saturated heterocycles. The van der Waals surface area contributed by atoms with Crippen LogP contribution in [0.1, 0.15) is 25.7 Å². The summed E-state index contributed by atoms with van der Waals surface area (Å²) in [4.78, 5) is 11.4. The molecule has 2 aromatic rings. The van der Waals surface area contributed by atoms with Crippen molar-refractivity contribution in [3.8, 4) is 5.75 Å². The highest BCUT2D eigenvalue weighted by atomic mass is 79.9. The van der Waals surface area contributed by atoms with Crippen LogP contribution in [0.2, 0.25) is 0 Å². The summed E-state index contributed by atoms with van der Waals surface area (Å²) in [5, 5.41) is 1.90. The SMILES string of the molecule is O=c1cc(OCCCCCCBr)c2ccccc2o1. The molecule has 1 heterocycles. The Balaban J connectivity index is 1.98. The lowest BCUT2D eigenvalue weighted by Gasteiger charge is -2.08. The summed E-state index contributed by atoms with van der Waals surface area (Å²) < 4.78 is 10.8. The number of para-hydroxylation sites is 1. The number of unbranched alkanes of at least 4 members (excludes halogenated alkanes) is 3. The Hall–Kier alpha value is -1.29. The lowest BCUT2D eigenvalue weighted by Crippen LogP contribution is -2.03. The van der Waals surface area contributed by atoms with Gasteiger partial charge < -0.3 is 9.15 Å². The number of hydrogen-bond acceptors (Lipinski definition) is 3. The van der Waals surface area contributed by atoms with Gasteiger partial charge in [-0.2, -0.15) is 0 Å². The van der Waals surface area contributed by atoms with Crippen molar-refractivity contribution in [1.29, 1.82) is 0 Å². The third-order valence-electron chi connectivity index (χ3n) is 2.90. The molecule has 1 aromatic carbocycles. The largest absolute Gasteiger partial charge is 0.493 e. The fourth-order valence-electron chi connectivity index (χ4n) is 1.93. The first-order valence-corrected chi connectivity index (χ1v) is 7.65. The molecule has 4 heteroatoms. The van der Waals surface area contributed by atoms with Gasteiger partial charge in [-0.25, -0.2) is 4.79 Å². The van der Waals surface area contributed by atoms with Crippen molar-refractivity contribution in [3.05, 3.63) is 40.8 Å². The van der Waals surface area contributed by atoms with E-state index in [4.69, 9.17) is 9.15 Å². The number of alkyl halides is 1. The molecule has 0 unspecified atom stereocenters. The van der Waals surface area contributed by atoms with Crippen molar-refractivity contribution in [2.75, 3.05) is 11.9 Å². The topological polar surface area (TPSA) is 39.4 Å². The van der Waals surface area contributed by atoms with Gasteiger partial charge in [-0.15, -0.1) is 0 Å². The number of benzene rings is 1. The molecule has 0 fully saturated rings. The summed E-state index contributed by atoms with van der Waals surface area (Å²) in [6.45, 7) is 0.635. The van der Waals surface area contributed by atoms with Crippen molar-refractivity contribution < 1.29 is 9.15 Å². The first-order valence-electron chi connectivity index (χ1n) is 6.53. The second-order valence-corrected chi connectivity index (χ2v) is 5.17. The minimum Gasteiger partial charge on any atom is -0.493 e. The van der Waals surface area contributed by atoms with Gasteiger partial charge in [-0.3, -0.25) is 0 Å². The Labute approximate surface area is 120 Å². The molecule has 0 saturated carbocycles. The van der Waals surface area contributed by atoms with Crippen molar-refractivity contribution >= 4 is 26.9 Å². The molecule has 0 aliphatic carbocycles. The van der Waals surface area contributed by atoms with Gasteiger partial charge in [0.1, 0.15) is 11.3 Å². The lowest BCUT2D eigenvalue weighted by molar-refractivity contribution is 0.306. The molecule has 0 bridgehead atoms. The molecule has 0 atom stereocenters. The van der Waals surface area contributed by atoms with Gasteiger partial charge in [0.2, 0.25) is 0 Å². The van der Waals surface area contributed by atoms with E-state index >= 15 is 0 Å². The molecule has 3 nitrogen and oxygen atoms in total. The van der Waals surface area contributed by atoms with Crippen LogP contribution < -0.4 is 10.4 Å². The fraction of sp³-hybridized carbons (Fsp3) is 0.400. The molecule has 2 rings (SSSR count). The third-order valence-corrected chi connectivity index (χ3v) is 3.46. The van der Waals surface area contributed by atoms with Crippen LogP contribution >= 0.6 is 15.9 Å². The van der Waals surface area contributed by atoms with Crippen molar-refractivity contribution in [1.82, 2.24) is 0 Å². The van der Waals surface area contributed by atoms with E-state index in [0.717, 1.165) is 23.6 Å². The Morgan fingerprint density at radius 2 is 1.89 bits per heavy atom. The molecule has 0 aliphatic rings. The van der Waals surface area contributed by atoms with Crippen LogP contribution in [0.3, 0.4) is 0 Å². The lowest BCUT2D eigenvalue weighted by atomic mass is 10.2. The quantitative estimate of drug-likeness (QED) is 0.437. The molecule has 0 aliphatic heterocycles. The first kappa shape index (κ1) is 14.1. The summed E-state index contributed by atoms with van der Waals surface area (Å²) >= 11 is 3.41. The van der Waals surface area contributed by atoms with E-state index in [0.29, 0.717) is 17.9 Å². The average molecular weight is 325 g/mol. The third kappa shape index (κ3) is 4.10. The maximum atomic E-state index is 11.4. The van der Waals surface area contributed by atoms with Crippen LogP contribution in [-0.2, 0) is 0 Å². The van der Waals surface area contributed by atoms with E-state index in [2.05, 4.69) is 15.9 Å². The molecule has 0 radical (unpaired) electrons. The minimum atomic E-state index is -0.368. The summed E-state index contributed by atoms with van der Waals surface area (Å²) in [5.74, 6) is 0.618. The molecule has 19 heavy (non-hydrogen) atoms. The Kier molecular flexibility index (Phi) is 5.45. The highest BCUT2D eigenvalue weighted by Crippen LogP contribution is 2.23. The number of rotatable bonds is 7. The molecule has 0 amide bonds. The van der Waals surface area contributed by atoms with Crippen LogP contribution in [0, 0.1) is 0 Å². The normalized spacial score (nSPS) is 10.8. The second-order valence-electron chi connectivity index (χ2n) is 4.38. The standard InChI is InChI=1S/C15H17BrO3/c16-9-5-1-2-6-10-18-14-11-15(17)19-13-8-4-3-7-12(13)14/h3-4,7-8,11H,1-2,5-6,9-10H2. The van der Waals surface area contributed by atoms with Gasteiger partial charge in [0.05, 0.1) is 18.1 Å². The maximum Gasteiger partial charge on any atom is 0.339 e. The number of halogens is 1. The first-order chi connectivity index (χ1) is 9.31. The van der Waals surface area contributed by atoms with E-state index in [1.807, 2.05) is 18.2 Å². The van der Waals surface area contributed by atoms with Gasteiger partial charge in [0, 0.05) is 5.33 Å². The van der Waals surface area contributed by atoms with Crippen LogP contribution in [0.15, 0.2) is 39.5 Å². The van der Waals surface area contributed by atoms with Crippen molar-refractivity contribution in [2.45, 2.75) is 25.7 Å². The zero-order valence-corrected chi connectivity index (χ0v) is 12.3. The molecular weight excluding hydrogens is 308 g/mol. The van der Waals surface area contributed by atoms with Gasteiger partial charge in [0.15, 0.2) is 0 Å². The van der Waals surface area contributed by atoms with E-state index in [-0.39, 0.29) is 5.63 Å². The smallest absolute Gasteiger partial charge is 0.339 e. The minimum absolute atomic E-state index is 0.368. The van der Waals surface area contributed by atoms with E-state index in [1.165, 1.54) is 18.9 Å². The Morgan fingerprint density at radius 3 is 2.74 bits per heavy atom. The monoisotopic (exact) mass is 324 g/mol. The molecule has 0 N–H and O–H groups in total. The van der Waals surface area contributed by atoms with Crippen LogP contribution in [-0.4, -0.2) is 11.9 Å². The van der Waals surface area contributed by atoms with Gasteiger partial charge >= 0.3 is 5.63 Å². The second kappa shape index (κ2) is 7.34. The Bertz CT molecular complexity index is 577. The summed E-state index contributed by atoms with van der Waals surface area (Å²) in [6, 6.07) is 8.85. The van der Waals surface area contributed by atoms with Crippen LogP contribution in [0.5, 0.6) is 5.75 Å².